The summed E-state index contributed by atoms with van der Waals surface area (Å²) in [6.45, 7) is 1.67. The maximum absolute atomic E-state index is 11.3. The first-order chi connectivity index (χ1) is 6.70. The maximum Gasteiger partial charge on any atom is 0.265 e. The molecule has 5 nitrogen and oxygen atoms in total. The summed E-state index contributed by atoms with van der Waals surface area (Å²) in [5, 5.41) is 0. The molecule has 1 saturated heterocycles. The Labute approximate surface area is 90.5 Å². The third-order valence-corrected chi connectivity index (χ3v) is 5.57. The van der Waals surface area contributed by atoms with Gasteiger partial charge in [0.2, 0.25) is 0 Å². The predicted octanol–water partition coefficient (Wildman–Crippen LogP) is 0.335. The molecule has 7 heteroatoms. The minimum Gasteiger partial charge on any atom is -0.286 e. The number of hydrogen-bond acceptors (Lipinski definition) is 4. The van der Waals surface area contributed by atoms with Crippen LogP contribution in [0.25, 0.3) is 0 Å². The zero-order valence-corrected chi connectivity index (χ0v) is 10.2. The highest BCUT2D eigenvalue weighted by atomic mass is 32.2. The van der Waals surface area contributed by atoms with Crippen LogP contribution in [0, 0.1) is 11.8 Å². The van der Waals surface area contributed by atoms with Gasteiger partial charge in [-0.3, -0.25) is 4.55 Å². The van der Waals surface area contributed by atoms with E-state index in [4.69, 9.17) is 4.55 Å². The molecule has 0 aromatic rings. The van der Waals surface area contributed by atoms with Gasteiger partial charge in [0, 0.05) is 0 Å². The van der Waals surface area contributed by atoms with Crippen LogP contribution in [0.4, 0.5) is 0 Å². The van der Waals surface area contributed by atoms with Crippen LogP contribution in [0.3, 0.4) is 0 Å². The van der Waals surface area contributed by atoms with Gasteiger partial charge in [-0.2, -0.15) is 8.42 Å². The van der Waals surface area contributed by atoms with E-state index in [0.29, 0.717) is 6.42 Å². The highest BCUT2D eigenvalue weighted by Gasteiger charge is 2.30. The molecule has 2 atom stereocenters. The van der Waals surface area contributed by atoms with Crippen LogP contribution < -0.4 is 0 Å². The average molecular weight is 256 g/mol. The molecule has 1 heterocycles. The van der Waals surface area contributed by atoms with E-state index in [-0.39, 0.29) is 29.1 Å². The van der Waals surface area contributed by atoms with Crippen molar-refractivity contribution in [3.8, 4) is 0 Å². The molecular weight excluding hydrogens is 240 g/mol. The molecule has 0 aliphatic carbocycles. The van der Waals surface area contributed by atoms with Crippen LogP contribution in [0.1, 0.15) is 19.8 Å². The van der Waals surface area contributed by atoms with Crippen LogP contribution >= 0.6 is 0 Å². The highest BCUT2D eigenvalue weighted by molar-refractivity contribution is 7.91. The van der Waals surface area contributed by atoms with Gasteiger partial charge in [0.25, 0.3) is 10.1 Å². The summed E-state index contributed by atoms with van der Waals surface area (Å²) in [5.41, 5.74) is 0. The summed E-state index contributed by atoms with van der Waals surface area (Å²) in [6.07, 6.45) is 1.30. The number of sulfone groups is 1. The lowest BCUT2D eigenvalue weighted by Crippen LogP contribution is -2.32. The molecule has 2 unspecified atom stereocenters. The highest BCUT2D eigenvalue weighted by Crippen LogP contribution is 2.26. The lowest BCUT2D eigenvalue weighted by molar-refractivity contribution is 0.366. The van der Waals surface area contributed by atoms with Crippen molar-refractivity contribution in [2.24, 2.45) is 11.8 Å². The number of hydrogen-bond donors (Lipinski definition) is 1. The van der Waals surface area contributed by atoms with Gasteiger partial charge in [-0.1, -0.05) is 6.92 Å². The molecule has 1 fully saturated rings. The van der Waals surface area contributed by atoms with Gasteiger partial charge in [-0.25, -0.2) is 8.42 Å². The first kappa shape index (κ1) is 12.9. The average Bonchev–Trinajstić information content (AvgIpc) is 1.99. The van der Waals surface area contributed by atoms with Crippen LogP contribution in [-0.2, 0) is 20.0 Å². The van der Waals surface area contributed by atoms with E-state index < -0.39 is 20.0 Å². The fourth-order valence-electron chi connectivity index (χ4n) is 1.98. The zero-order valence-electron chi connectivity index (χ0n) is 8.59. The molecule has 0 aromatic heterocycles. The Balaban J connectivity index is 2.65. The van der Waals surface area contributed by atoms with E-state index in [1.54, 1.807) is 6.92 Å². The monoisotopic (exact) mass is 256 g/mol. The van der Waals surface area contributed by atoms with Crippen molar-refractivity contribution >= 4 is 20.0 Å². The Morgan fingerprint density at radius 1 is 1.47 bits per heavy atom. The van der Waals surface area contributed by atoms with Gasteiger partial charge in [0.15, 0.2) is 9.84 Å². The SMILES string of the molecule is CC(CS(=O)(=O)O)C1CCCS(=O)(=O)C1. The van der Waals surface area contributed by atoms with E-state index in [1.807, 2.05) is 0 Å². The molecule has 1 aliphatic rings. The van der Waals surface area contributed by atoms with E-state index in [9.17, 15) is 16.8 Å². The molecule has 1 aliphatic heterocycles. The van der Waals surface area contributed by atoms with E-state index in [2.05, 4.69) is 0 Å². The third kappa shape index (κ3) is 4.48. The minimum atomic E-state index is -4.00. The van der Waals surface area contributed by atoms with Crippen molar-refractivity contribution < 1.29 is 21.4 Å². The minimum absolute atomic E-state index is 0.0453. The summed E-state index contributed by atoms with van der Waals surface area (Å²) in [4.78, 5) is 0. The Bertz CT molecular complexity index is 408. The van der Waals surface area contributed by atoms with Gasteiger partial charge in [-0.05, 0) is 24.7 Å². The molecule has 0 bridgehead atoms. The van der Waals surface area contributed by atoms with Gasteiger partial charge < -0.3 is 0 Å². The summed E-state index contributed by atoms with van der Waals surface area (Å²) >= 11 is 0. The second-order valence-electron chi connectivity index (χ2n) is 4.24. The van der Waals surface area contributed by atoms with Crippen molar-refractivity contribution in [3.63, 3.8) is 0 Å². The molecule has 0 radical (unpaired) electrons. The lowest BCUT2D eigenvalue weighted by atomic mass is 9.93. The molecule has 0 spiro atoms. The Morgan fingerprint density at radius 3 is 2.53 bits per heavy atom. The van der Waals surface area contributed by atoms with Crippen LogP contribution in [0.5, 0.6) is 0 Å². The summed E-state index contributed by atoms with van der Waals surface area (Å²) in [5.74, 6) is -0.570. The predicted molar refractivity (Wildman–Crippen MR) is 57.0 cm³/mol. The lowest BCUT2D eigenvalue weighted by Gasteiger charge is -2.26. The molecule has 0 amide bonds. The van der Waals surface area contributed by atoms with Gasteiger partial charge >= 0.3 is 0 Å². The Kier molecular flexibility index (Phi) is 3.78. The fraction of sp³-hybridized carbons (Fsp3) is 1.00. The third-order valence-electron chi connectivity index (χ3n) is 2.78. The van der Waals surface area contributed by atoms with Crippen molar-refractivity contribution in [2.75, 3.05) is 17.3 Å². The second-order valence-corrected chi connectivity index (χ2v) is 7.97. The largest absolute Gasteiger partial charge is 0.286 e. The maximum atomic E-state index is 11.3. The summed E-state index contributed by atoms with van der Waals surface area (Å²) in [7, 11) is -7.01. The fourth-order valence-corrected chi connectivity index (χ4v) is 4.83. The van der Waals surface area contributed by atoms with Crippen molar-refractivity contribution in [1.82, 2.24) is 0 Å². The molecule has 90 valence electrons. The van der Waals surface area contributed by atoms with Crippen molar-refractivity contribution in [1.29, 1.82) is 0 Å². The molecule has 1 rings (SSSR count). The standard InChI is InChI=1S/C8H16O5S2/c1-7(5-15(11,12)13)8-3-2-4-14(9,10)6-8/h7-8H,2-6H2,1H3,(H,11,12,13). The number of rotatable bonds is 3. The van der Waals surface area contributed by atoms with Gasteiger partial charge in [0.05, 0.1) is 17.3 Å². The van der Waals surface area contributed by atoms with Gasteiger partial charge in [-0.15, -0.1) is 0 Å². The van der Waals surface area contributed by atoms with Crippen LogP contribution in [-0.4, -0.2) is 38.6 Å². The normalized spacial score (nSPS) is 28.5. The zero-order chi connectivity index (χ0) is 11.7. The van der Waals surface area contributed by atoms with E-state index >= 15 is 0 Å². The van der Waals surface area contributed by atoms with Crippen molar-refractivity contribution in [3.05, 3.63) is 0 Å². The summed E-state index contributed by atoms with van der Waals surface area (Å²) < 4.78 is 52.6. The molecule has 1 N–H and O–H groups in total. The van der Waals surface area contributed by atoms with E-state index in [1.165, 1.54) is 0 Å². The molecular formula is C8H16O5S2. The van der Waals surface area contributed by atoms with Gasteiger partial charge in [0.1, 0.15) is 0 Å². The van der Waals surface area contributed by atoms with Crippen LogP contribution in [0.2, 0.25) is 0 Å². The van der Waals surface area contributed by atoms with Crippen molar-refractivity contribution in [2.45, 2.75) is 19.8 Å². The molecule has 0 aromatic carbocycles. The molecule has 15 heavy (non-hydrogen) atoms. The smallest absolute Gasteiger partial charge is 0.265 e. The second kappa shape index (κ2) is 4.39. The molecule has 0 saturated carbocycles. The quantitative estimate of drug-likeness (QED) is 0.735. The van der Waals surface area contributed by atoms with E-state index in [0.717, 1.165) is 6.42 Å². The first-order valence-corrected chi connectivity index (χ1v) is 8.28. The topological polar surface area (TPSA) is 88.5 Å². The Hall–Kier alpha value is -0.140. The Morgan fingerprint density at radius 2 is 2.07 bits per heavy atom. The first-order valence-electron chi connectivity index (χ1n) is 4.85. The van der Waals surface area contributed by atoms with Crippen LogP contribution in [0.15, 0.2) is 0 Å². The summed E-state index contributed by atoms with van der Waals surface area (Å²) in [6, 6.07) is 0.